The molecule has 0 unspecified atom stereocenters. The average Bonchev–Trinajstić information content (AvgIpc) is 1.99. The molecule has 0 N–H and O–H groups in total. The van der Waals surface area contributed by atoms with E-state index in [4.69, 9.17) is 9.47 Å². The van der Waals surface area contributed by atoms with Crippen LogP contribution in [-0.2, 0) is 9.47 Å². The first-order valence-corrected chi connectivity index (χ1v) is 4.25. The minimum atomic E-state index is 0.0355. The molecule has 0 aromatic heterocycles. The monoisotopic (exact) mass is 160 g/mol. The predicted octanol–water partition coefficient (Wildman–Crippen LogP) is 2.23. The van der Waals surface area contributed by atoms with E-state index < -0.39 is 0 Å². The highest BCUT2D eigenvalue weighted by molar-refractivity contribution is 4.64. The normalized spacial score (nSPS) is 12.0. The Morgan fingerprint density at radius 1 is 1.18 bits per heavy atom. The van der Waals surface area contributed by atoms with Crippen LogP contribution in [0, 0.1) is 0 Å². The third kappa shape index (κ3) is 6.32. The highest BCUT2D eigenvalue weighted by atomic mass is 16.5. The SMILES string of the molecule is CCC(C)(C)OCCCOC. The van der Waals surface area contributed by atoms with E-state index in [1.54, 1.807) is 7.11 Å². The van der Waals surface area contributed by atoms with Gasteiger partial charge in [0.2, 0.25) is 0 Å². The molecule has 0 spiro atoms. The van der Waals surface area contributed by atoms with E-state index in [2.05, 4.69) is 20.8 Å². The van der Waals surface area contributed by atoms with Gasteiger partial charge in [-0.2, -0.15) is 0 Å². The molecule has 0 aliphatic carbocycles. The van der Waals surface area contributed by atoms with Crippen molar-refractivity contribution >= 4 is 0 Å². The van der Waals surface area contributed by atoms with Crippen LogP contribution in [0.25, 0.3) is 0 Å². The molecule has 11 heavy (non-hydrogen) atoms. The molecular weight excluding hydrogens is 140 g/mol. The van der Waals surface area contributed by atoms with Crippen LogP contribution in [0.2, 0.25) is 0 Å². The van der Waals surface area contributed by atoms with E-state index in [9.17, 15) is 0 Å². The van der Waals surface area contributed by atoms with Gasteiger partial charge in [-0.05, 0) is 26.7 Å². The molecule has 0 fully saturated rings. The van der Waals surface area contributed by atoms with Crippen LogP contribution in [0.15, 0.2) is 0 Å². The zero-order valence-electron chi connectivity index (χ0n) is 8.14. The van der Waals surface area contributed by atoms with Crippen molar-refractivity contribution in [2.45, 2.75) is 39.2 Å². The summed E-state index contributed by atoms with van der Waals surface area (Å²) in [4.78, 5) is 0. The zero-order valence-corrected chi connectivity index (χ0v) is 8.14. The standard InChI is InChI=1S/C9H20O2/c1-5-9(2,3)11-8-6-7-10-4/h5-8H2,1-4H3. The van der Waals surface area contributed by atoms with Crippen LogP contribution >= 0.6 is 0 Å². The van der Waals surface area contributed by atoms with Gasteiger partial charge in [-0.15, -0.1) is 0 Å². The van der Waals surface area contributed by atoms with E-state index in [0.717, 1.165) is 26.1 Å². The number of ether oxygens (including phenoxy) is 2. The molecular formula is C9H20O2. The Kier molecular flexibility index (Phi) is 5.51. The minimum absolute atomic E-state index is 0.0355. The van der Waals surface area contributed by atoms with E-state index in [-0.39, 0.29) is 5.60 Å². The van der Waals surface area contributed by atoms with Gasteiger partial charge in [-0.1, -0.05) is 6.92 Å². The molecule has 68 valence electrons. The lowest BCUT2D eigenvalue weighted by atomic mass is 10.1. The summed E-state index contributed by atoms with van der Waals surface area (Å²) in [6.07, 6.45) is 2.04. The number of methoxy groups -OCH3 is 1. The highest BCUT2D eigenvalue weighted by Crippen LogP contribution is 2.13. The summed E-state index contributed by atoms with van der Waals surface area (Å²) in [5.41, 5.74) is 0.0355. The molecule has 0 aliphatic heterocycles. The van der Waals surface area contributed by atoms with E-state index >= 15 is 0 Å². The lowest BCUT2D eigenvalue weighted by molar-refractivity contribution is -0.0269. The molecule has 0 aromatic carbocycles. The fourth-order valence-electron chi connectivity index (χ4n) is 0.654. The quantitative estimate of drug-likeness (QED) is 0.555. The van der Waals surface area contributed by atoms with E-state index in [1.807, 2.05) is 0 Å². The van der Waals surface area contributed by atoms with Crippen molar-refractivity contribution in [1.82, 2.24) is 0 Å². The first-order valence-electron chi connectivity index (χ1n) is 4.25. The highest BCUT2D eigenvalue weighted by Gasteiger charge is 2.13. The lowest BCUT2D eigenvalue weighted by Crippen LogP contribution is -2.23. The Morgan fingerprint density at radius 2 is 1.82 bits per heavy atom. The van der Waals surface area contributed by atoms with Gasteiger partial charge in [0.1, 0.15) is 0 Å². The van der Waals surface area contributed by atoms with Gasteiger partial charge in [-0.3, -0.25) is 0 Å². The second-order valence-electron chi connectivity index (χ2n) is 3.31. The van der Waals surface area contributed by atoms with Crippen LogP contribution in [0.4, 0.5) is 0 Å². The van der Waals surface area contributed by atoms with Crippen LogP contribution in [0.1, 0.15) is 33.6 Å². The van der Waals surface area contributed by atoms with Gasteiger partial charge < -0.3 is 9.47 Å². The summed E-state index contributed by atoms with van der Waals surface area (Å²) in [5.74, 6) is 0. The molecule has 0 bridgehead atoms. The molecule has 2 heteroatoms. The van der Waals surface area contributed by atoms with Crippen molar-refractivity contribution in [1.29, 1.82) is 0 Å². The molecule has 0 saturated heterocycles. The summed E-state index contributed by atoms with van der Waals surface area (Å²) in [7, 11) is 1.71. The Morgan fingerprint density at radius 3 is 2.27 bits per heavy atom. The fourth-order valence-corrected chi connectivity index (χ4v) is 0.654. The van der Waals surface area contributed by atoms with E-state index in [1.165, 1.54) is 0 Å². The predicted molar refractivity (Wildman–Crippen MR) is 46.8 cm³/mol. The summed E-state index contributed by atoms with van der Waals surface area (Å²) >= 11 is 0. The van der Waals surface area contributed by atoms with Crippen molar-refractivity contribution in [3.63, 3.8) is 0 Å². The first-order chi connectivity index (χ1) is 5.12. The van der Waals surface area contributed by atoms with Crippen LogP contribution in [0.5, 0.6) is 0 Å². The fraction of sp³-hybridized carbons (Fsp3) is 1.00. The molecule has 0 saturated carbocycles. The van der Waals surface area contributed by atoms with E-state index in [0.29, 0.717) is 0 Å². The maximum atomic E-state index is 5.60. The first kappa shape index (κ1) is 10.9. The molecule has 0 radical (unpaired) electrons. The van der Waals surface area contributed by atoms with Gasteiger partial charge in [0.05, 0.1) is 5.60 Å². The number of hydrogen-bond donors (Lipinski definition) is 0. The Labute approximate surface area is 69.9 Å². The zero-order chi connectivity index (χ0) is 8.74. The average molecular weight is 160 g/mol. The van der Waals surface area contributed by atoms with Gasteiger partial charge in [0.15, 0.2) is 0 Å². The lowest BCUT2D eigenvalue weighted by Gasteiger charge is -2.23. The second-order valence-corrected chi connectivity index (χ2v) is 3.31. The Bertz CT molecular complexity index is 89.6. The molecule has 0 amide bonds. The number of rotatable bonds is 6. The molecule has 0 heterocycles. The minimum Gasteiger partial charge on any atom is -0.385 e. The maximum Gasteiger partial charge on any atom is 0.0623 e. The Hall–Kier alpha value is -0.0800. The number of hydrogen-bond acceptors (Lipinski definition) is 2. The van der Waals surface area contributed by atoms with Crippen molar-refractivity contribution in [3.8, 4) is 0 Å². The van der Waals surface area contributed by atoms with Crippen LogP contribution in [-0.4, -0.2) is 25.9 Å². The van der Waals surface area contributed by atoms with Gasteiger partial charge in [0.25, 0.3) is 0 Å². The molecule has 0 rings (SSSR count). The van der Waals surface area contributed by atoms with Crippen LogP contribution < -0.4 is 0 Å². The third-order valence-corrected chi connectivity index (χ3v) is 1.84. The summed E-state index contributed by atoms with van der Waals surface area (Å²) in [5, 5.41) is 0. The summed E-state index contributed by atoms with van der Waals surface area (Å²) in [6.45, 7) is 7.95. The van der Waals surface area contributed by atoms with Crippen molar-refractivity contribution in [2.75, 3.05) is 20.3 Å². The van der Waals surface area contributed by atoms with Gasteiger partial charge in [-0.25, -0.2) is 0 Å². The molecule has 2 nitrogen and oxygen atoms in total. The largest absolute Gasteiger partial charge is 0.385 e. The molecule has 0 aliphatic rings. The second kappa shape index (κ2) is 5.56. The smallest absolute Gasteiger partial charge is 0.0623 e. The molecule has 0 atom stereocenters. The third-order valence-electron chi connectivity index (χ3n) is 1.84. The van der Waals surface area contributed by atoms with Crippen molar-refractivity contribution in [3.05, 3.63) is 0 Å². The maximum absolute atomic E-state index is 5.60. The molecule has 0 aromatic rings. The topological polar surface area (TPSA) is 18.5 Å². The van der Waals surface area contributed by atoms with Gasteiger partial charge in [0, 0.05) is 20.3 Å². The Balaban J connectivity index is 3.23. The van der Waals surface area contributed by atoms with Crippen molar-refractivity contribution < 1.29 is 9.47 Å². The van der Waals surface area contributed by atoms with Crippen LogP contribution in [0.3, 0.4) is 0 Å². The van der Waals surface area contributed by atoms with Crippen molar-refractivity contribution in [2.24, 2.45) is 0 Å². The summed E-state index contributed by atoms with van der Waals surface area (Å²) < 4.78 is 10.5. The summed E-state index contributed by atoms with van der Waals surface area (Å²) in [6, 6.07) is 0. The van der Waals surface area contributed by atoms with Gasteiger partial charge >= 0.3 is 0 Å².